The largest absolute Gasteiger partial charge is 0.450 e. The molecule has 1 aliphatic carbocycles. The minimum atomic E-state index is -0.468. The number of hydrogen-bond acceptors (Lipinski definition) is 4. The summed E-state index contributed by atoms with van der Waals surface area (Å²) in [6.07, 6.45) is 2.80. The predicted molar refractivity (Wildman–Crippen MR) is 73.3 cm³/mol. The van der Waals surface area contributed by atoms with Crippen LogP contribution in [0.3, 0.4) is 0 Å². The van der Waals surface area contributed by atoms with E-state index in [2.05, 4.69) is 21.7 Å². The molecule has 1 atom stereocenters. The Balaban J connectivity index is 1.85. The highest BCUT2D eigenvalue weighted by atomic mass is 16.5. The maximum atomic E-state index is 11.4. The quantitative estimate of drug-likeness (QED) is 0.814. The minimum Gasteiger partial charge on any atom is -0.450 e. The summed E-state index contributed by atoms with van der Waals surface area (Å²) in [4.78, 5) is 16.0. The van der Waals surface area contributed by atoms with Gasteiger partial charge in [0.25, 0.3) is 0 Å². The van der Waals surface area contributed by atoms with E-state index in [0.717, 1.165) is 24.9 Å². The Labute approximate surface area is 112 Å². The highest BCUT2D eigenvalue weighted by Crippen LogP contribution is 2.39. The van der Waals surface area contributed by atoms with Crippen LogP contribution in [0.1, 0.15) is 36.9 Å². The van der Waals surface area contributed by atoms with Crippen LogP contribution in [-0.2, 0) is 11.2 Å². The van der Waals surface area contributed by atoms with Gasteiger partial charge in [-0.1, -0.05) is 12.1 Å². The van der Waals surface area contributed by atoms with Crippen molar-refractivity contribution in [3.8, 4) is 0 Å². The predicted octanol–water partition coefficient (Wildman–Crippen LogP) is 2.59. The number of carbonyl (C=O) groups is 1. The van der Waals surface area contributed by atoms with E-state index in [9.17, 15) is 4.79 Å². The lowest BCUT2D eigenvalue weighted by molar-refractivity contribution is 0.157. The Kier molecular flexibility index (Phi) is 3.11. The van der Waals surface area contributed by atoms with E-state index in [1.54, 1.807) is 6.92 Å². The Morgan fingerprint density at radius 1 is 1.58 bits per heavy atom. The topological polar surface area (TPSA) is 62.7 Å². The molecule has 19 heavy (non-hydrogen) atoms. The highest BCUT2D eigenvalue weighted by Gasteiger charge is 2.27. The van der Waals surface area contributed by atoms with Crippen LogP contribution >= 0.6 is 0 Å². The van der Waals surface area contributed by atoms with Crippen molar-refractivity contribution >= 4 is 17.7 Å². The number of nitrogens with zero attached hydrogens (tertiary/aromatic N) is 1. The summed E-state index contributed by atoms with van der Waals surface area (Å²) < 4.78 is 4.87. The molecule has 1 aromatic rings. The van der Waals surface area contributed by atoms with E-state index < -0.39 is 6.09 Å². The van der Waals surface area contributed by atoms with Crippen LogP contribution in [0.25, 0.3) is 0 Å². The summed E-state index contributed by atoms with van der Waals surface area (Å²) in [6, 6.07) is 6.37. The SMILES string of the molecule is CCOC(=O)NC1=NC2CCCc3cccc(c32)N1. The molecular weight excluding hydrogens is 242 g/mol. The molecule has 2 aliphatic rings. The fourth-order valence-corrected chi connectivity index (χ4v) is 2.74. The lowest BCUT2D eigenvalue weighted by Gasteiger charge is -2.30. The number of carbonyl (C=O) groups excluding carboxylic acids is 1. The van der Waals surface area contributed by atoms with Crippen molar-refractivity contribution in [3.63, 3.8) is 0 Å². The van der Waals surface area contributed by atoms with Gasteiger partial charge in [0.1, 0.15) is 0 Å². The van der Waals surface area contributed by atoms with Crippen molar-refractivity contribution < 1.29 is 9.53 Å². The number of hydrogen-bond donors (Lipinski definition) is 2. The van der Waals surface area contributed by atoms with E-state index in [-0.39, 0.29) is 6.04 Å². The van der Waals surface area contributed by atoms with Crippen molar-refractivity contribution in [2.24, 2.45) is 4.99 Å². The molecule has 2 N–H and O–H groups in total. The molecule has 1 aliphatic heterocycles. The van der Waals surface area contributed by atoms with E-state index in [4.69, 9.17) is 4.74 Å². The third-order valence-electron chi connectivity index (χ3n) is 3.49. The number of guanidine groups is 1. The molecule has 1 unspecified atom stereocenters. The van der Waals surface area contributed by atoms with Gasteiger partial charge in [0.15, 0.2) is 0 Å². The van der Waals surface area contributed by atoms with Crippen molar-refractivity contribution in [2.75, 3.05) is 11.9 Å². The Bertz CT molecular complexity index is 539. The number of aliphatic imine (C=N–C) groups is 1. The summed E-state index contributed by atoms with van der Waals surface area (Å²) in [6.45, 7) is 2.13. The third-order valence-corrected chi connectivity index (χ3v) is 3.49. The molecule has 0 fully saturated rings. The van der Waals surface area contributed by atoms with Crippen LogP contribution in [0.15, 0.2) is 23.2 Å². The highest BCUT2D eigenvalue weighted by molar-refractivity contribution is 6.04. The number of alkyl carbamates (subject to hydrolysis) is 1. The number of aryl methyl sites for hydroxylation is 1. The van der Waals surface area contributed by atoms with Crippen molar-refractivity contribution in [2.45, 2.75) is 32.2 Å². The van der Waals surface area contributed by atoms with E-state index >= 15 is 0 Å². The van der Waals surface area contributed by atoms with Gasteiger partial charge >= 0.3 is 6.09 Å². The first-order valence-electron chi connectivity index (χ1n) is 6.68. The zero-order valence-electron chi connectivity index (χ0n) is 10.9. The number of nitrogens with one attached hydrogen (secondary N) is 2. The van der Waals surface area contributed by atoms with Crippen LogP contribution in [0.4, 0.5) is 10.5 Å². The van der Waals surface area contributed by atoms with Gasteiger partial charge in [0.2, 0.25) is 5.96 Å². The van der Waals surface area contributed by atoms with Gasteiger partial charge in [-0.25, -0.2) is 9.79 Å². The molecule has 0 spiro atoms. The second-order valence-electron chi connectivity index (χ2n) is 4.73. The molecule has 0 aromatic heterocycles. The van der Waals surface area contributed by atoms with Gasteiger partial charge in [0.05, 0.1) is 12.6 Å². The molecular formula is C14H17N3O2. The summed E-state index contributed by atoms with van der Waals surface area (Å²) in [7, 11) is 0. The summed E-state index contributed by atoms with van der Waals surface area (Å²) >= 11 is 0. The minimum absolute atomic E-state index is 0.151. The first kappa shape index (κ1) is 12.0. The van der Waals surface area contributed by atoms with Crippen LogP contribution in [0, 0.1) is 0 Å². The number of benzene rings is 1. The molecule has 5 heteroatoms. The average Bonchev–Trinajstić information content (AvgIpc) is 2.39. The van der Waals surface area contributed by atoms with Crippen molar-refractivity contribution in [3.05, 3.63) is 29.3 Å². The maximum absolute atomic E-state index is 11.4. The zero-order valence-corrected chi connectivity index (χ0v) is 10.9. The van der Waals surface area contributed by atoms with Gasteiger partial charge in [-0.15, -0.1) is 0 Å². The average molecular weight is 259 g/mol. The summed E-state index contributed by atoms with van der Waals surface area (Å²) in [5, 5.41) is 5.81. The fourth-order valence-electron chi connectivity index (χ4n) is 2.74. The Hall–Kier alpha value is -2.04. The molecule has 0 bridgehead atoms. The van der Waals surface area contributed by atoms with Gasteiger partial charge in [-0.05, 0) is 37.8 Å². The van der Waals surface area contributed by atoms with Gasteiger partial charge in [-0.2, -0.15) is 0 Å². The normalized spacial score (nSPS) is 19.8. The second kappa shape index (κ2) is 4.91. The molecule has 0 radical (unpaired) electrons. The lowest BCUT2D eigenvalue weighted by Crippen LogP contribution is -2.39. The standard InChI is InChI=1S/C14H17N3O2/c1-2-19-14(18)17-13-15-10-7-3-5-9-6-4-8-11(16-13)12(9)10/h3,5,7,11H,2,4,6,8H2,1H3,(H2,15,16,17,18). The third kappa shape index (κ3) is 2.28. The Morgan fingerprint density at radius 3 is 3.32 bits per heavy atom. The molecule has 0 saturated carbocycles. The molecule has 1 heterocycles. The fraction of sp³-hybridized carbons (Fsp3) is 0.429. The van der Waals surface area contributed by atoms with Gasteiger partial charge in [0, 0.05) is 11.3 Å². The van der Waals surface area contributed by atoms with Crippen LogP contribution in [0.5, 0.6) is 0 Å². The van der Waals surface area contributed by atoms with Crippen LogP contribution in [-0.4, -0.2) is 18.7 Å². The van der Waals surface area contributed by atoms with E-state index in [0.29, 0.717) is 12.6 Å². The number of anilines is 1. The number of amides is 1. The molecule has 3 rings (SSSR count). The molecule has 1 aromatic carbocycles. The number of ether oxygens (including phenoxy) is 1. The van der Waals surface area contributed by atoms with Crippen LogP contribution < -0.4 is 10.6 Å². The monoisotopic (exact) mass is 259 g/mol. The molecule has 100 valence electrons. The molecule has 1 amide bonds. The molecule has 0 saturated heterocycles. The number of rotatable bonds is 1. The summed E-state index contributed by atoms with van der Waals surface area (Å²) in [5.41, 5.74) is 3.69. The van der Waals surface area contributed by atoms with Crippen molar-refractivity contribution in [1.29, 1.82) is 0 Å². The first-order chi connectivity index (χ1) is 9.28. The van der Waals surface area contributed by atoms with E-state index in [1.165, 1.54) is 11.1 Å². The maximum Gasteiger partial charge on any atom is 0.413 e. The van der Waals surface area contributed by atoms with E-state index in [1.807, 2.05) is 12.1 Å². The first-order valence-corrected chi connectivity index (χ1v) is 6.68. The lowest BCUT2D eigenvalue weighted by atomic mass is 9.86. The van der Waals surface area contributed by atoms with Crippen LogP contribution in [0.2, 0.25) is 0 Å². The van der Waals surface area contributed by atoms with Gasteiger partial charge in [-0.3, -0.25) is 5.32 Å². The Morgan fingerprint density at radius 2 is 2.47 bits per heavy atom. The second-order valence-corrected chi connectivity index (χ2v) is 4.73. The molecule has 5 nitrogen and oxygen atoms in total. The smallest absolute Gasteiger partial charge is 0.413 e. The zero-order chi connectivity index (χ0) is 13.2. The summed E-state index contributed by atoms with van der Waals surface area (Å²) in [5.74, 6) is 0.481. The van der Waals surface area contributed by atoms with Gasteiger partial charge < -0.3 is 10.1 Å². The van der Waals surface area contributed by atoms with Crippen molar-refractivity contribution in [1.82, 2.24) is 5.32 Å².